The van der Waals surface area contributed by atoms with E-state index >= 15 is 0 Å². The Bertz CT molecular complexity index is 540. The third kappa shape index (κ3) is 3.04. The number of nitrogens with one attached hydrogen (secondary N) is 1. The molecule has 0 fully saturated rings. The minimum atomic E-state index is -0.268. The molecule has 0 aliphatic carbocycles. The van der Waals surface area contributed by atoms with Crippen molar-refractivity contribution in [1.29, 1.82) is 0 Å². The maximum Gasteiger partial charge on any atom is 0.256 e. The third-order valence-corrected chi connectivity index (χ3v) is 2.53. The second kappa shape index (κ2) is 4.97. The number of benzene rings is 1. The number of pyridine rings is 1. The standard InChI is InChI=1S/C12H9BrN2O2/c13-10-2-1-3-11(14-10)15-12(17)8-4-6-9(16)7-5-8/h1-7,16H,(H,14,15,17). The summed E-state index contributed by atoms with van der Waals surface area (Å²) in [6.07, 6.45) is 0. The summed E-state index contributed by atoms with van der Waals surface area (Å²) in [7, 11) is 0. The molecule has 0 radical (unpaired) electrons. The zero-order valence-electron chi connectivity index (χ0n) is 8.72. The number of anilines is 1. The summed E-state index contributed by atoms with van der Waals surface area (Å²) in [5, 5.41) is 11.8. The Morgan fingerprint density at radius 3 is 2.53 bits per heavy atom. The lowest BCUT2D eigenvalue weighted by Gasteiger charge is -2.04. The number of hydrogen-bond acceptors (Lipinski definition) is 3. The molecule has 1 aromatic heterocycles. The molecule has 1 amide bonds. The van der Waals surface area contributed by atoms with Crippen molar-refractivity contribution in [3.8, 4) is 5.75 Å². The first kappa shape index (κ1) is 11.6. The second-order valence-electron chi connectivity index (χ2n) is 3.35. The monoisotopic (exact) mass is 292 g/mol. The fourth-order valence-electron chi connectivity index (χ4n) is 1.28. The molecule has 2 rings (SSSR count). The van der Waals surface area contributed by atoms with Crippen LogP contribution in [-0.4, -0.2) is 16.0 Å². The van der Waals surface area contributed by atoms with Crippen molar-refractivity contribution in [3.05, 3.63) is 52.6 Å². The van der Waals surface area contributed by atoms with Crippen molar-refractivity contribution >= 4 is 27.7 Å². The van der Waals surface area contributed by atoms with Gasteiger partial charge in [0.15, 0.2) is 0 Å². The van der Waals surface area contributed by atoms with Gasteiger partial charge < -0.3 is 10.4 Å². The van der Waals surface area contributed by atoms with E-state index in [0.29, 0.717) is 16.0 Å². The maximum absolute atomic E-state index is 11.8. The maximum atomic E-state index is 11.8. The molecule has 0 spiro atoms. The minimum Gasteiger partial charge on any atom is -0.508 e. The van der Waals surface area contributed by atoms with Crippen molar-refractivity contribution in [2.24, 2.45) is 0 Å². The molecule has 0 saturated heterocycles. The zero-order chi connectivity index (χ0) is 12.3. The summed E-state index contributed by atoms with van der Waals surface area (Å²) in [5.74, 6) is 0.329. The number of hydrogen-bond donors (Lipinski definition) is 2. The minimum absolute atomic E-state index is 0.127. The Labute approximate surface area is 106 Å². The highest BCUT2D eigenvalue weighted by atomic mass is 79.9. The number of carbonyl (C=O) groups excluding carboxylic acids is 1. The summed E-state index contributed by atoms with van der Waals surface area (Å²) in [5.41, 5.74) is 0.463. The largest absolute Gasteiger partial charge is 0.508 e. The molecule has 0 unspecified atom stereocenters. The number of phenols is 1. The number of rotatable bonds is 2. The first-order valence-corrected chi connectivity index (χ1v) is 5.67. The molecule has 17 heavy (non-hydrogen) atoms. The van der Waals surface area contributed by atoms with Gasteiger partial charge in [-0.3, -0.25) is 4.79 Å². The Morgan fingerprint density at radius 2 is 1.88 bits per heavy atom. The van der Waals surface area contributed by atoms with E-state index in [1.54, 1.807) is 30.3 Å². The van der Waals surface area contributed by atoms with Gasteiger partial charge in [0, 0.05) is 5.56 Å². The second-order valence-corrected chi connectivity index (χ2v) is 4.16. The molecule has 0 atom stereocenters. The predicted octanol–water partition coefficient (Wildman–Crippen LogP) is 2.80. The summed E-state index contributed by atoms with van der Waals surface area (Å²) < 4.78 is 0.654. The summed E-state index contributed by atoms with van der Waals surface area (Å²) >= 11 is 3.22. The number of halogens is 1. The molecule has 0 saturated carbocycles. The van der Waals surface area contributed by atoms with Gasteiger partial charge in [-0.1, -0.05) is 6.07 Å². The lowest BCUT2D eigenvalue weighted by molar-refractivity contribution is 0.102. The molecule has 1 heterocycles. The van der Waals surface area contributed by atoms with E-state index in [1.165, 1.54) is 12.1 Å². The van der Waals surface area contributed by atoms with Gasteiger partial charge in [-0.05, 0) is 52.3 Å². The van der Waals surface area contributed by atoms with E-state index in [2.05, 4.69) is 26.2 Å². The Balaban J connectivity index is 2.14. The highest BCUT2D eigenvalue weighted by Gasteiger charge is 2.06. The van der Waals surface area contributed by atoms with E-state index in [0.717, 1.165) is 0 Å². The molecule has 86 valence electrons. The van der Waals surface area contributed by atoms with E-state index in [1.807, 2.05) is 0 Å². The van der Waals surface area contributed by atoms with Crippen molar-refractivity contribution in [1.82, 2.24) is 4.98 Å². The quantitative estimate of drug-likeness (QED) is 0.837. The predicted molar refractivity (Wildman–Crippen MR) is 68.0 cm³/mol. The molecule has 4 nitrogen and oxygen atoms in total. The molecule has 2 N–H and O–H groups in total. The number of phenolic OH excluding ortho intramolecular Hbond substituents is 1. The van der Waals surface area contributed by atoms with E-state index in [4.69, 9.17) is 5.11 Å². The van der Waals surface area contributed by atoms with Crippen LogP contribution in [0, 0.1) is 0 Å². The number of amides is 1. The third-order valence-electron chi connectivity index (χ3n) is 2.09. The Morgan fingerprint density at radius 1 is 1.18 bits per heavy atom. The van der Waals surface area contributed by atoms with Gasteiger partial charge >= 0.3 is 0 Å². The molecule has 0 aliphatic heterocycles. The van der Waals surface area contributed by atoms with Crippen LogP contribution in [0.3, 0.4) is 0 Å². The van der Waals surface area contributed by atoms with Crippen LogP contribution in [0.2, 0.25) is 0 Å². The van der Waals surface area contributed by atoms with Crippen LogP contribution in [0.1, 0.15) is 10.4 Å². The Kier molecular flexibility index (Phi) is 3.39. The first-order valence-electron chi connectivity index (χ1n) is 4.88. The SMILES string of the molecule is O=C(Nc1cccc(Br)n1)c1ccc(O)cc1. The Hall–Kier alpha value is -1.88. The average Bonchev–Trinajstić information content (AvgIpc) is 2.29. The van der Waals surface area contributed by atoms with Crippen LogP contribution < -0.4 is 5.32 Å². The van der Waals surface area contributed by atoms with Crippen LogP contribution >= 0.6 is 15.9 Å². The van der Waals surface area contributed by atoms with Crippen molar-refractivity contribution in [3.63, 3.8) is 0 Å². The van der Waals surface area contributed by atoms with E-state index in [-0.39, 0.29) is 11.7 Å². The molecule has 0 bridgehead atoms. The van der Waals surface area contributed by atoms with Crippen LogP contribution in [0.5, 0.6) is 5.75 Å². The van der Waals surface area contributed by atoms with Crippen LogP contribution in [0.25, 0.3) is 0 Å². The fourth-order valence-corrected chi connectivity index (χ4v) is 1.62. The first-order chi connectivity index (χ1) is 8.15. The van der Waals surface area contributed by atoms with Crippen molar-refractivity contribution in [2.45, 2.75) is 0 Å². The van der Waals surface area contributed by atoms with Gasteiger partial charge in [0.2, 0.25) is 0 Å². The summed E-state index contributed by atoms with van der Waals surface area (Å²) in [4.78, 5) is 15.9. The van der Waals surface area contributed by atoms with Gasteiger partial charge in [-0.15, -0.1) is 0 Å². The van der Waals surface area contributed by atoms with E-state index < -0.39 is 0 Å². The van der Waals surface area contributed by atoms with Gasteiger partial charge in [-0.25, -0.2) is 4.98 Å². The zero-order valence-corrected chi connectivity index (χ0v) is 10.3. The van der Waals surface area contributed by atoms with Gasteiger partial charge in [0.25, 0.3) is 5.91 Å². The van der Waals surface area contributed by atoms with Crippen LogP contribution in [0.4, 0.5) is 5.82 Å². The highest BCUT2D eigenvalue weighted by Crippen LogP contribution is 2.13. The lowest BCUT2D eigenvalue weighted by atomic mass is 10.2. The summed E-state index contributed by atoms with van der Waals surface area (Å²) in [6.45, 7) is 0. The number of aromatic nitrogens is 1. The van der Waals surface area contributed by atoms with Crippen LogP contribution in [0.15, 0.2) is 47.1 Å². The smallest absolute Gasteiger partial charge is 0.256 e. The van der Waals surface area contributed by atoms with Crippen molar-refractivity contribution in [2.75, 3.05) is 5.32 Å². The molecular formula is C12H9BrN2O2. The lowest BCUT2D eigenvalue weighted by Crippen LogP contribution is -2.12. The number of carbonyl (C=O) groups is 1. The normalized spacial score (nSPS) is 9.94. The molecule has 2 aromatic rings. The van der Waals surface area contributed by atoms with E-state index in [9.17, 15) is 4.79 Å². The summed E-state index contributed by atoms with van der Waals surface area (Å²) in [6, 6.07) is 11.3. The van der Waals surface area contributed by atoms with Gasteiger partial charge in [0.1, 0.15) is 16.2 Å². The highest BCUT2D eigenvalue weighted by molar-refractivity contribution is 9.10. The number of nitrogens with zero attached hydrogens (tertiary/aromatic N) is 1. The molecule has 1 aromatic carbocycles. The van der Waals surface area contributed by atoms with Gasteiger partial charge in [-0.2, -0.15) is 0 Å². The molecule has 0 aliphatic rings. The van der Waals surface area contributed by atoms with Crippen molar-refractivity contribution < 1.29 is 9.90 Å². The molecule has 5 heteroatoms. The van der Waals surface area contributed by atoms with Gasteiger partial charge in [0.05, 0.1) is 0 Å². The van der Waals surface area contributed by atoms with Crippen LogP contribution in [-0.2, 0) is 0 Å². The molecular weight excluding hydrogens is 284 g/mol. The fraction of sp³-hybridized carbons (Fsp3) is 0. The topological polar surface area (TPSA) is 62.2 Å². The number of aromatic hydroxyl groups is 1. The average molecular weight is 293 g/mol.